The molecule has 0 aliphatic rings. The number of anilines is 2. The third-order valence-corrected chi connectivity index (χ3v) is 7.25. The summed E-state index contributed by atoms with van der Waals surface area (Å²) in [6.45, 7) is 0. The van der Waals surface area contributed by atoms with Crippen molar-refractivity contribution in [1.82, 2.24) is 0 Å². The number of carbonyl (C=O) groups is 3. The van der Waals surface area contributed by atoms with Crippen LogP contribution in [0, 0.1) is 0 Å². The Bertz CT molecular complexity index is 1480. The molecule has 1 unspecified atom stereocenters. The van der Waals surface area contributed by atoms with Crippen LogP contribution in [-0.2, 0) is 9.53 Å². The number of methoxy groups -OCH3 is 1. The molecule has 0 aliphatic heterocycles. The van der Waals surface area contributed by atoms with Crippen molar-refractivity contribution in [2.75, 3.05) is 17.7 Å². The Kier molecular flexibility index (Phi) is 9.07. The van der Waals surface area contributed by atoms with Crippen molar-refractivity contribution < 1.29 is 19.1 Å². The van der Waals surface area contributed by atoms with Crippen molar-refractivity contribution in [3.63, 3.8) is 0 Å². The fraction of sp³-hybridized carbons (Fsp3) is 0.0690. The van der Waals surface area contributed by atoms with Crippen LogP contribution in [0.5, 0.6) is 0 Å². The molecule has 6 nitrogen and oxygen atoms in total. The molecule has 0 saturated carbocycles. The van der Waals surface area contributed by atoms with Gasteiger partial charge in [-0.15, -0.1) is 11.8 Å². The van der Waals surface area contributed by atoms with Gasteiger partial charge in [0.05, 0.1) is 28.9 Å². The normalized spacial score (nSPS) is 11.3. The molecule has 0 aliphatic carbocycles. The molecule has 38 heavy (non-hydrogen) atoms. The Labute approximate surface area is 234 Å². The van der Waals surface area contributed by atoms with Crippen LogP contribution >= 0.6 is 35.0 Å². The summed E-state index contributed by atoms with van der Waals surface area (Å²) in [5, 5.41) is 5.73. The van der Waals surface area contributed by atoms with E-state index in [-0.39, 0.29) is 22.4 Å². The van der Waals surface area contributed by atoms with Gasteiger partial charge in [-0.3, -0.25) is 9.59 Å². The molecule has 0 aromatic heterocycles. The average molecular weight is 565 g/mol. The molecule has 2 amide bonds. The first kappa shape index (κ1) is 27.3. The van der Waals surface area contributed by atoms with Gasteiger partial charge in [-0.1, -0.05) is 71.7 Å². The van der Waals surface area contributed by atoms with Crippen LogP contribution in [0.3, 0.4) is 0 Å². The lowest BCUT2D eigenvalue weighted by molar-refractivity contribution is -0.115. The molecule has 0 bridgehead atoms. The molecular weight excluding hydrogens is 543 g/mol. The highest BCUT2D eigenvalue weighted by Crippen LogP contribution is 2.37. The molecule has 0 spiro atoms. The second kappa shape index (κ2) is 12.6. The van der Waals surface area contributed by atoms with Crippen molar-refractivity contribution in [1.29, 1.82) is 0 Å². The lowest BCUT2D eigenvalue weighted by Gasteiger charge is -2.18. The van der Waals surface area contributed by atoms with Gasteiger partial charge in [0.15, 0.2) is 0 Å². The lowest BCUT2D eigenvalue weighted by Crippen LogP contribution is -2.21. The highest BCUT2D eigenvalue weighted by molar-refractivity contribution is 8.00. The average Bonchev–Trinajstić information content (AvgIpc) is 2.92. The first-order valence-electron chi connectivity index (χ1n) is 11.4. The second-order valence-corrected chi connectivity index (χ2v) is 10.1. The number of ether oxygens (including phenoxy) is 1. The number of para-hydroxylation sites is 1. The maximum atomic E-state index is 13.5. The molecule has 0 radical (unpaired) electrons. The number of hydrogen-bond acceptors (Lipinski definition) is 5. The van der Waals surface area contributed by atoms with Gasteiger partial charge in [0.1, 0.15) is 5.25 Å². The molecule has 4 aromatic rings. The van der Waals surface area contributed by atoms with E-state index in [0.717, 1.165) is 10.5 Å². The molecule has 0 fully saturated rings. The van der Waals surface area contributed by atoms with Crippen LogP contribution in [0.25, 0.3) is 0 Å². The van der Waals surface area contributed by atoms with Crippen molar-refractivity contribution >= 4 is 64.1 Å². The number of amides is 2. The predicted octanol–water partition coefficient (Wildman–Crippen LogP) is 7.50. The molecule has 9 heteroatoms. The maximum absolute atomic E-state index is 13.5. The van der Waals surface area contributed by atoms with E-state index in [1.165, 1.54) is 24.9 Å². The quantitative estimate of drug-likeness (QED) is 0.171. The molecule has 1 atom stereocenters. The number of hydrogen-bond donors (Lipinski definition) is 2. The monoisotopic (exact) mass is 564 g/mol. The number of thioether (sulfide) groups is 1. The van der Waals surface area contributed by atoms with Crippen LogP contribution in [0.15, 0.2) is 102 Å². The summed E-state index contributed by atoms with van der Waals surface area (Å²) in [5.41, 5.74) is 2.21. The first-order chi connectivity index (χ1) is 18.4. The van der Waals surface area contributed by atoms with Gasteiger partial charge in [-0.05, 0) is 54.1 Å². The predicted molar refractivity (Wildman–Crippen MR) is 152 cm³/mol. The number of rotatable bonds is 8. The Hall–Kier alpha value is -3.78. The molecule has 4 rings (SSSR count). The van der Waals surface area contributed by atoms with Gasteiger partial charge in [0, 0.05) is 15.6 Å². The van der Waals surface area contributed by atoms with Crippen LogP contribution < -0.4 is 10.6 Å². The summed E-state index contributed by atoms with van der Waals surface area (Å²) in [4.78, 5) is 39.2. The maximum Gasteiger partial charge on any atom is 0.339 e. The molecule has 0 heterocycles. The number of benzene rings is 4. The fourth-order valence-corrected chi connectivity index (χ4v) is 5.21. The summed E-state index contributed by atoms with van der Waals surface area (Å²) in [5.74, 6) is -1.25. The summed E-state index contributed by atoms with van der Waals surface area (Å²) in [7, 11) is 1.29. The van der Waals surface area contributed by atoms with E-state index in [1.807, 2.05) is 36.4 Å². The summed E-state index contributed by atoms with van der Waals surface area (Å²) in [6.07, 6.45) is 0. The Balaban J connectivity index is 1.57. The molecule has 192 valence electrons. The number of halogens is 2. The minimum Gasteiger partial charge on any atom is -0.465 e. The van der Waals surface area contributed by atoms with E-state index >= 15 is 0 Å². The second-order valence-electron chi connectivity index (χ2n) is 8.04. The third-order valence-electron chi connectivity index (χ3n) is 5.45. The van der Waals surface area contributed by atoms with Crippen molar-refractivity contribution in [3.8, 4) is 0 Å². The van der Waals surface area contributed by atoms with Crippen LogP contribution in [0.2, 0.25) is 10.0 Å². The SMILES string of the molecule is COC(=O)c1ccccc1NC(=O)C(Sc1cccc(NC(=O)c2ccc(Cl)cc2Cl)c1)c1ccccc1. The summed E-state index contributed by atoms with van der Waals surface area (Å²) >= 11 is 13.4. The van der Waals surface area contributed by atoms with E-state index in [4.69, 9.17) is 27.9 Å². The number of esters is 1. The van der Waals surface area contributed by atoms with Crippen molar-refractivity contribution in [3.05, 3.63) is 124 Å². The number of nitrogens with one attached hydrogen (secondary N) is 2. The highest BCUT2D eigenvalue weighted by Gasteiger charge is 2.24. The van der Waals surface area contributed by atoms with Crippen LogP contribution in [0.1, 0.15) is 31.5 Å². The van der Waals surface area contributed by atoms with Gasteiger partial charge in [-0.2, -0.15) is 0 Å². The van der Waals surface area contributed by atoms with E-state index < -0.39 is 11.2 Å². The largest absolute Gasteiger partial charge is 0.465 e. The van der Waals surface area contributed by atoms with Gasteiger partial charge >= 0.3 is 5.97 Å². The van der Waals surface area contributed by atoms with Gasteiger partial charge in [0.25, 0.3) is 5.91 Å². The first-order valence-corrected chi connectivity index (χ1v) is 13.1. The summed E-state index contributed by atoms with van der Waals surface area (Å²) < 4.78 is 4.84. The van der Waals surface area contributed by atoms with Gasteiger partial charge in [-0.25, -0.2) is 4.79 Å². The summed E-state index contributed by atoms with van der Waals surface area (Å²) in [6, 6.07) is 27.8. The van der Waals surface area contributed by atoms with E-state index in [2.05, 4.69) is 10.6 Å². The van der Waals surface area contributed by atoms with E-state index in [0.29, 0.717) is 22.0 Å². The molecule has 4 aromatic carbocycles. The standard InChI is InChI=1S/C29H22Cl2N2O4S/c1-37-29(36)23-12-5-6-13-25(23)33-28(35)26(18-8-3-2-4-9-18)38-21-11-7-10-20(17-21)32-27(34)22-15-14-19(30)16-24(22)31/h2-17,26H,1H3,(H,32,34)(H,33,35). The molecule has 0 saturated heterocycles. The van der Waals surface area contributed by atoms with Crippen molar-refractivity contribution in [2.45, 2.75) is 10.1 Å². The Morgan fingerprint density at radius 3 is 2.26 bits per heavy atom. The molecule has 2 N–H and O–H groups in total. The van der Waals surface area contributed by atoms with Crippen molar-refractivity contribution in [2.24, 2.45) is 0 Å². The number of carbonyl (C=O) groups excluding carboxylic acids is 3. The van der Waals surface area contributed by atoms with Gasteiger partial charge < -0.3 is 15.4 Å². The zero-order valence-corrected chi connectivity index (χ0v) is 22.4. The van der Waals surface area contributed by atoms with E-state index in [1.54, 1.807) is 54.6 Å². The highest BCUT2D eigenvalue weighted by atomic mass is 35.5. The fourth-order valence-electron chi connectivity index (χ4n) is 3.63. The zero-order valence-electron chi connectivity index (χ0n) is 20.1. The minimum absolute atomic E-state index is 0.244. The zero-order chi connectivity index (χ0) is 27.1. The third kappa shape index (κ3) is 6.75. The smallest absolute Gasteiger partial charge is 0.339 e. The van der Waals surface area contributed by atoms with Crippen LogP contribution in [-0.4, -0.2) is 24.9 Å². The minimum atomic E-state index is -0.654. The molecular formula is C29H22Cl2N2O4S. The van der Waals surface area contributed by atoms with E-state index in [9.17, 15) is 14.4 Å². The Morgan fingerprint density at radius 2 is 1.53 bits per heavy atom. The Morgan fingerprint density at radius 1 is 0.789 bits per heavy atom. The lowest BCUT2D eigenvalue weighted by atomic mass is 10.1. The van der Waals surface area contributed by atoms with Gasteiger partial charge in [0.2, 0.25) is 5.91 Å². The van der Waals surface area contributed by atoms with Crippen LogP contribution in [0.4, 0.5) is 11.4 Å². The topological polar surface area (TPSA) is 84.5 Å².